The standard InChI is InChI=1S/C30H35N3O4S/c1-24-13-15-27(16-14-24)38(35,36)33(18-8-20-37-2)23-30(34)32(22-25-9-4-3-5-10-25)19-17-26-21-31-29-12-7-6-11-28(26)29/h3-7,9-16,21,31H,8,17-20,22-23H2,1-2H3. The molecule has 0 radical (unpaired) electrons. The van der Waals surface area contributed by atoms with Crippen molar-refractivity contribution in [2.24, 2.45) is 0 Å². The third-order valence-electron chi connectivity index (χ3n) is 6.62. The van der Waals surface area contributed by atoms with E-state index in [1.54, 1.807) is 36.3 Å². The average molecular weight is 534 g/mol. The zero-order chi connectivity index (χ0) is 27.0. The number of amides is 1. The van der Waals surface area contributed by atoms with Gasteiger partial charge in [0, 0.05) is 50.5 Å². The highest BCUT2D eigenvalue weighted by molar-refractivity contribution is 7.89. The van der Waals surface area contributed by atoms with Crippen LogP contribution >= 0.6 is 0 Å². The van der Waals surface area contributed by atoms with Gasteiger partial charge in [-0.15, -0.1) is 0 Å². The van der Waals surface area contributed by atoms with Crippen LogP contribution in [0.25, 0.3) is 10.9 Å². The minimum absolute atomic E-state index is 0.182. The van der Waals surface area contributed by atoms with E-state index in [9.17, 15) is 13.2 Å². The molecule has 0 bridgehead atoms. The van der Waals surface area contributed by atoms with Crippen LogP contribution in [-0.4, -0.2) is 61.9 Å². The highest BCUT2D eigenvalue weighted by Gasteiger charge is 2.28. The summed E-state index contributed by atoms with van der Waals surface area (Å²) in [6, 6.07) is 24.6. The summed E-state index contributed by atoms with van der Waals surface area (Å²) >= 11 is 0. The maximum Gasteiger partial charge on any atom is 0.243 e. The molecule has 1 N–H and O–H groups in total. The number of methoxy groups -OCH3 is 1. The molecule has 0 spiro atoms. The van der Waals surface area contributed by atoms with Crippen molar-refractivity contribution in [1.82, 2.24) is 14.2 Å². The molecule has 200 valence electrons. The third kappa shape index (κ3) is 6.89. The summed E-state index contributed by atoms with van der Waals surface area (Å²) in [4.78, 5) is 19.0. The number of para-hydroxylation sites is 1. The van der Waals surface area contributed by atoms with Crippen molar-refractivity contribution >= 4 is 26.8 Å². The molecular formula is C30H35N3O4S. The fourth-order valence-electron chi connectivity index (χ4n) is 4.47. The lowest BCUT2D eigenvalue weighted by Gasteiger charge is -2.27. The molecule has 8 heteroatoms. The molecule has 0 aliphatic carbocycles. The van der Waals surface area contributed by atoms with Crippen molar-refractivity contribution in [1.29, 1.82) is 0 Å². The van der Waals surface area contributed by atoms with Crippen molar-refractivity contribution in [3.8, 4) is 0 Å². The van der Waals surface area contributed by atoms with E-state index in [2.05, 4.69) is 11.1 Å². The highest BCUT2D eigenvalue weighted by atomic mass is 32.2. The second-order valence-electron chi connectivity index (χ2n) is 9.41. The van der Waals surface area contributed by atoms with Crippen LogP contribution in [0, 0.1) is 6.92 Å². The summed E-state index contributed by atoms with van der Waals surface area (Å²) < 4.78 is 33.5. The maximum atomic E-state index is 13.7. The van der Waals surface area contributed by atoms with Gasteiger partial charge in [-0.2, -0.15) is 4.31 Å². The van der Waals surface area contributed by atoms with Crippen molar-refractivity contribution in [2.45, 2.75) is 31.2 Å². The first-order chi connectivity index (χ1) is 18.4. The molecular weight excluding hydrogens is 498 g/mol. The zero-order valence-corrected chi connectivity index (χ0v) is 22.8. The predicted octanol–water partition coefficient (Wildman–Crippen LogP) is 4.78. The van der Waals surface area contributed by atoms with Gasteiger partial charge in [0.05, 0.1) is 11.4 Å². The molecule has 0 aliphatic rings. The number of aromatic nitrogens is 1. The van der Waals surface area contributed by atoms with E-state index >= 15 is 0 Å². The second-order valence-corrected chi connectivity index (χ2v) is 11.3. The van der Waals surface area contributed by atoms with Gasteiger partial charge in [-0.3, -0.25) is 4.79 Å². The highest BCUT2D eigenvalue weighted by Crippen LogP contribution is 2.20. The molecule has 1 heterocycles. The third-order valence-corrected chi connectivity index (χ3v) is 8.48. The van der Waals surface area contributed by atoms with Crippen LogP contribution in [-0.2, 0) is 32.5 Å². The van der Waals surface area contributed by atoms with Crippen LogP contribution in [0.2, 0.25) is 0 Å². The lowest BCUT2D eigenvalue weighted by molar-refractivity contribution is -0.132. The Morgan fingerprint density at radius 1 is 0.921 bits per heavy atom. The van der Waals surface area contributed by atoms with Gasteiger partial charge in [0.25, 0.3) is 0 Å². The summed E-state index contributed by atoms with van der Waals surface area (Å²) in [6.07, 6.45) is 3.12. The van der Waals surface area contributed by atoms with Crippen LogP contribution in [0.1, 0.15) is 23.1 Å². The minimum atomic E-state index is -3.86. The summed E-state index contributed by atoms with van der Waals surface area (Å²) in [5.41, 5.74) is 4.14. The number of carbonyl (C=O) groups excluding carboxylic acids is 1. The molecule has 0 fully saturated rings. The fourth-order valence-corrected chi connectivity index (χ4v) is 5.90. The normalized spacial score (nSPS) is 11.8. The van der Waals surface area contributed by atoms with Crippen LogP contribution in [0.4, 0.5) is 0 Å². The Morgan fingerprint density at radius 3 is 2.37 bits per heavy atom. The van der Waals surface area contributed by atoms with Crippen molar-refractivity contribution < 1.29 is 17.9 Å². The van der Waals surface area contributed by atoms with E-state index in [0.29, 0.717) is 32.5 Å². The van der Waals surface area contributed by atoms with Crippen LogP contribution in [0.5, 0.6) is 0 Å². The predicted molar refractivity (Wildman–Crippen MR) is 150 cm³/mol. The summed E-state index contributed by atoms with van der Waals surface area (Å²) in [5, 5.41) is 1.13. The number of hydrogen-bond acceptors (Lipinski definition) is 4. The van der Waals surface area contributed by atoms with Crippen molar-refractivity contribution in [3.63, 3.8) is 0 Å². The van der Waals surface area contributed by atoms with Crippen LogP contribution in [0.15, 0.2) is 90.0 Å². The first kappa shape index (κ1) is 27.6. The van der Waals surface area contributed by atoms with E-state index in [-0.39, 0.29) is 23.9 Å². The number of carbonyl (C=O) groups is 1. The smallest absolute Gasteiger partial charge is 0.243 e. The number of aromatic amines is 1. The summed E-state index contributed by atoms with van der Waals surface area (Å²) in [5.74, 6) is -0.234. The molecule has 3 aromatic carbocycles. The number of nitrogens with one attached hydrogen (secondary N) is 1. The molecule has 7 nitrogen and oxygen atoms in total. The molecule has 0 unspecified atom stereocenters. The number of ether oxygens (including phenoxy) is 1. The number of benzene rings is 3. The Hall–Kier alpha value is -3.46. The molecule has 0 aliphatic heterocycles. The largest absolute Gasteiger partial charge is 0.385 e. The quantitative estimate of drug-likeness (QED) is 0.251. The first-order valence-electron chi connectivity index (χ1n) is 12.8. The van der Waals surface area contributed by atoms with E-state index in [1.807, 2.05) is 61.7 Å². The summed E-state index contributed by atoms with van der Waals surface area (Å²) in [6.45, 7) is 3.14. The monoisotopic (exact) mass is 533 g/mol. The maximum absolute atomic E-state index is 13.7. The minimum Gasteiger partial charge on any atom is -0.385 e. The van der Waals surface area contributed by atoms with E-state index < -0.39 is 10.0 Å². The Balaban J connectivity index is 1.57. The lowest BCUT2D eigenvalue weighted by atomic mass is 10.1. The number of aryl methyl sites for hydroxylation is 1. The number of nitrogens with zero attached hydrogens (tertiary/aromatic N) is 2. The number of fused-ring (bicyclic) bond motifs is 1. The Morgan fingerprint density at radius 2 is 1.63 bits per heavy atom. The second kappa shape index (κ2) is 12.9. The average Bonchev–Trinajstić information content (AvgIpc) is 3.34. The molecule has 4 rings (SSSR count). The number of hydrogen-bond donors (Lipinski definition) is 1. The SMILES string of the molecule is COCCCN(CC(=O)N(CCc1c[nH]c2ccccc12)Cc1ccccc1)S(=O)(=O)c1ccc(C)cc1. The number of rotatable bonds is 13. The molecule has 4 aromatic rings. The zero-order valence-electron chi connectivity index (χ0n) is 22.0. The number of sulfonamides is 1. The summed E-state index contributed by atoms with van der Waals surface area (Å²) in [7, 11) is -2.28. The van der Waals surface area contributed by atoms with Gasteiger partial charge in [-0.25, -0.2) is 8.42 Å². The van der Waals surface area contributed by atoms with E-state index in [0.717, 1.165) is 27.6 Å². The van der Waals surface area contributed by atoms with Crippen molar-refractivity contribution in [3.05, 3.63) is 102 Å². The van der Waals surface area contributed by atoms with Crippen LogP contribution in [0.3, 0.4) is 0 Å². The van der Waals surface area contributed by atoms with Gasteiger partial charge in [0.15, 0.2) is 0 Å². The van der Waals surface area contributed by atoms with Gasteiger partial charge in [-0.05, 0) is 49.1 Å². The van der Waals surface area contributed by atoms with E-state index in [4.69, 9.17) is 4.74 Å². The Labute approximate surface area is 225 Å². The van der Waals surface area contributed by atoms with Gasteiger partial charge < -0.3 is 14.6 Å². The van der Waals surface area contributed by atoms with Gasteiger partial charge in [0.2, 0.25) is 15.9 Å². The molecule has 0 saturated heterocycles. The van der Waals surface area contributed by atoms with Gasteiger partial charge >= 0.3 is 0 Å². The molecule has 0 atom stereocenters. The van der Waals surface area contributed by atoms with Crippen molar-refractivity contribution in [2.75, 3.05) is 33.4 Å². The van der Waals surface area contributed by atoms with Gasteiger partial charge in [-0.1, -0.05) is 66.2 Å². The van der Waals surface area contributed by atoms with Crippen LogP contribution < -0.4 is 0 Å². The molecule has 0 saturated carbocycles. The fraction of sp³-hybridized carbons (Fsp3) is 0.300. The Bertz CT molecular complexity index is 1430. The van der Waals surface area contributed by atoms with E-state index in [1.165, 1.54) is 4.31 Å². The van der Waals surface area contributed by atoms with Gasteiger partial charge in [0.1, 0.15) is 0 Å². The topological polar surface area (TPSA) is 82.7 Å². The first-order valence-corrected chi connectivity index (χ1v) is 14.2. The lowest BCUT2D eigenvalue weighted by Crippen LogP contribution is -2.43. The number of H-pyrrole nitrogens is 1. The molecule has 1 aromatic heterocycles. The molecule has 1 amide bonds. The molecule has 38 heavy (non-hydrogen) atoms. The Kier molecular flexibility index (Phi) is 9.33.